The number of rotatable bonds is 1. The van der Waals surface area contributed by atoms with Crippen LogP contribution >= 0.6 is 0 Å². The molecule has 0 saturated heterocycles. The normalized spacial score (nSPS) is 15.7. The van der Waals surface area contributed by atoms with Crippen molar-refractivity contribution in [1.82, 2.24) is 14.1 Å². The van der Waals surface area contributed by atoms with Crippen LogP contribution in [-0.4, -0.2) is 19.9 Å². The Hall–Kier alpha value is -3.02. The highest BCUT2D eigenvalue weighted by Gasteiger charge is 2.36. The molecule has 0 atom stereocenters. The molecule has 2 aromatic heterocycles. The van der Waals surface area contributed by atoms with Gasteiger partial charge in [0.15, 0.2) is 5.78 Å². The summed E-state index contributed by atoms with van der Waals surface area (Å²) >= 11 is 0. The number of fused-ring (bicyclic) bond motifs is 2. The van der Waals surface area contributed by atoms with Crippen molar-refractivity contribution in [3.63, 3.8) is 0 Å². The Morgan fingerprint density at radius 2 is 1.71 bits per heavy atom. The Morgan fingerprint density at radius 1 is 1.00 bits per heavy atom. The van der Waals surface area contributed by atoms with Gasteiger partial charge in [-0.25, -0.2) is 9.78 Å². The molecular formula is C22H23N3O3. The lowest BCUT2D eigenvalue weighted by molar-refractivity contribution is 0.0911. The Labute approximate surface area is 162 Å². The number of hydrogen-bond acceptors (Lipinski definition) is 4. The molecule has 0 amide bonds. The van der Waals surface area contributed by atoms with Crippen LogP contribution in [-0.2, 0) is 20.5 Å². The van der Waals surface area contributed by atoms with Gasteiger partial charge in [0.05, 0.1) is 11.1 Å². The van der Waals surface area contributed by atoms with E-state index in [-0.39, 0.29) is 11.2 Å². The van der Waals surface area contributed by atoms with Crippen LogP contribution in [0, 0.1) is 12.3 Å². The van der Waals surface area contributed by atoms with Gasteiger partial charge in [0.25, 0.3) is 5.56 Å². The molecule has 28 heavy (non-hydrogen) atoms. The van der Waals surface area contributed by atoms with E-state index in [1.54, 1.807) is 7.05 Å². The number of aromatic nitrogens is 3. The molecule has 0 saturated carbocycles. The Bertz CT molecular complexity index is 1280. The van der Waals surface area contributed by atoms with Gasteiger partial charge in [-0.05, 0) is 24.3 Å². The number of aryl methyl sites for hydroxylation is 2. The second-order valence-corrected chi connectivity index (χ2v) is 8.52. The van der Waals surface area contributed by atoms with Crippen molar-refractivity contribution in [1.29, 1.82) is 0 Å². The van der Waals surface area contributed by atoms with E-state index >= 15 is 0 Å². The standard InChI is InChI=1S/C22H23N3O3/c1-12-7-6-8-13(9-12)16-17-14(10-22(2,3)11-15(17)26)23-19-18(16)20(27)25(5)21(28)24(19)4/h6-9H,10-11H2,1-5H3. The molecule has 0 fully saturated rings. The van der Waals surface area contributed by atoms with Crippen molar-refractivity contribution in [2.24, 2.45) is 19.5 Å². The quantitative estimate of drug-likeness (QED) is 0.654. The average Bonchev–Trinajstić information content (AvgIpc) is 2.62. The van der Waals surface area contributed by atoms with Gasteiger partial charge in [-0.2, -0.15) is 0 Å². The van der Waals surface area contributed by atoms with E-state index in [0.717, 1.165) is 15.7 Å². The summed E-state index contributed by atoms with van der Waals surface area (Å²) in [6.07, 6.45) is 1.02. The second-order valence-electron chi connectivity index (χ2n) is 8.52. The number of nitrogens with zero attached hydrogens (tertiary/aromatic N) is 3. The molecule has 1 aromatic carbocycles. The van der Waals surface area contributed by atoms with Crippen molar-refractivity contribution in [2.45, 2.75) is 33.6 Å². The van der Waals surface area contributed by atoms with Crippen LogP contribution in [0.1, 0.15) is 41.9 Å². The summed E-state index contributed by atoms with van der Waals surface area (Å²) in [4.78, 5) is 43.4. The van der Waals surface area contributed by atoms with E-state index in [2.05, 4.69) is 4.98 Å². The summed E-state index contributed by atoms with van der Waals surface area (Å²) in [7, 11) is 3.06. The van der Waals surface area contributed by atoms with Gasteiger partial charge in [-0.3, -0.25) is 18.7 Å². The zero-order valence-electron chi connectivity index (χ0n) is 16.8. The number of carbonyl (C=O) groups is 1. The largest absolute Gasteiger partial charge is 0.332 e. The van der Waals surface area contributed by atoms with E-state index in [4.69, 9.17) is 0 Å². The molecule has 1 aliphatic rings. The van der Waals surface area contributed by atoms with Gasteiger partial charge < -0.3 is 0 Å². The van der Waals surface area contributed by atoms with E-state index in [0.29, 0.717) is 40.7 Å². The third-order valence-corrected chi connectivity index (χ3v) is 5.53. The molecule has 0 spiro atoms. The third-order valence-electron chi connectivity index (χ3n) is 5.53. The van der Waals surface area contributed by atoms with Crippen LogP contribution in [0.5, 0.6) is 0 Å². The fraction of sp³-hybridized carbons (Fsp3) is 0.364. The number of pyridine rings is 1. The second kappa shape index (κ2) is 5.99. The predicted molar refractivity (Wildman–Crippen MR) is 109 cm³/mol. The summed E-state index contributed by atoms with van der Waals surface area (Å²) in [5, 5.41) is 0.321. The summed E-state index contributed by atoms with van der Waals surface area (Å²) in [6.45, 7) is 6.04. The number of carbonyl (C=O) groups excluding carboxylic acids is 1. The average molecular weight is 377 g/mol. The van der Waals surface area contributed by atoms with Gasteiger partial charge in [0, 0.05) is 31.6 Å². The Morgan fingerprint density at radius 3 is 2.39 bits per heavy atom. The minimum Gasteiger partial charge on any atom is -0.294 e. The molecule has 4 rings (SSSR count). The molecule has 2 heterocycles. The molecule has 144 valence electrons. The maximum atomic E-state index is 13.2. The van der Waals surface area contributed by atoms with Crippen molar-refractivity contribution in [3.05, 3.63) is 61.9 Å². The first-order chi connectivity index (χ1) is 13.1. The SMILES string of the molecule is Cc1cccc(-c2c3c(nc4c2c(=O)n(C)c(=O)n4C)CC(C)(C)CC3=O)c1. The van der Waals surface area contributed by atoms with Gasteiger partial charge in [-0.15, -0.1) is 0 Å². The van der Waals surface area contributed by atoms with E-state index in [9.17, 15) is 14.4 Å². The fourth-order valence-electron chi connectivity index (χ4n) is 4.19. The molecule has 3 aromatic rings. The number of Topliss-reactive ketones (excluding diaryl/α,β-unsaturated/α-hetero) is 1. The van der Waals surface area contributed by atoms with Crippen LogP contribution < -0.4 is 11.2 Å². The summed E-state index contributed by atoms with van der Waals surface area (Å²) in [5.74, 6) is -0.00642. The van der Waals surface area contributed by atoms with Crippen LogP contribution in [0.3, 0.4) is 0 Å². The Balaban J connectivity index is 2.28. The number of hydrogen-bond donors (Lipinski definition) is 0. The molecule has 0 radical (unpaired) electrons. The lowest BCUT2D eigenvalue weighted by atomic mass is 9.73. The summed E-state index contributed by atoms with van der Waals surface area (Å²) in [6, 6.07) is 7.75. The highest BCUT2D eigenvalue weighted by atomic mass is 16.2. The molecule has 0 bridgehead atoms. The van der Waals surface area contributed by atoms with Crippen molar-refractivity contribution in [2.75, 3.05) is 0 Å². The molecular weight excluding hydrogens is 354 g/mol. The fourth-order valence-corrected chi connectivity index (χ4v) is 4.19. The van der Waals surface area contributed by atoms with Crippen molar-refractivity contribution in [3.8, 4) is 11.1 Å². The third kappa shape index (κ3) is 2.63. The monoisotopic (exact) mass is 377 g/mol. The number of ketones is 1. The zero-order chi connectivity index (χ0) is 20.4. The maximum Gasteiger partial charge on any atom is 0.332 e. The lowest BCUT2D eigenvalue weighted by Gasteiger charge is -2.31. The minimum atomic E-state index is -0.429. The maximum absolute atomic E-state index is 13.2. The summed E-state index contributed by atoms with van der Waals surface area (Å²) in [5.41, 5.74) is 2.86. The molecule has 1 aliphatic carbocycles. The predicted octanol–water partition coefficient (Wildman–Crippen LogP) is 2.76. The first-order valence-electron chi connectivity index (χ1n) is 9.33. The van der Waals surface area contributed by atoms with Gasteiger partial charge in [-0.1, -0.05) is 43.7 Å². The first-order valence-corrected chi connectivity index (χ1v) is 9.33. The topological polar surface area (TPSA) is 74.0 Å². The number of benzene rings is 1. The highest BCUT2D eigenvalue weighted by molar-refractivity contribution is 6.10. The minimum absolute atomic E-state index is 0.00642. The van der Waals surface area contributed by atoms with Crippen LogP contribution in [0.4, 0.5) is 0 Å². The molecule has 0 aliphatic heterocycles. The van der Waals surface area contributed by atoms with Crippen molar-refractivity contribution >= 4 is 16.8 Å². The van der Waals surface area contributed by atoms with Gasteiger partial charge in [0.1, 0.15) is 5.65 Å². The molecule has 6 nitrogen and oxygen atoms in total. The van der Waals surface area contributed by atoms with Crippen LogP contribution in [0.15, 0.2) is 33.9 Å². The molecule has 6 heteroatoms. The van der Waals surface area contributed by atoms with Gasteiger partial charge in [0.2, 0.25) is 0 Å². The summed E-state index contributed by atoms with van der Waals surface area (Å²) < 4.78 is 2.47. The Kier molecular flexibility index (Phi) is 3.93. The van der Waals surface area contributed by atoms with E-state index < -0.39 is 11.2 Å². The van der Waals surface area contributed by atoms with Gasteiger partial charge >= 0.3 is 5.69 Å². The highest BCUT2D eigenvalue weighted by Crippen LogP contribution is 2.40. The molecule has 0 N–H and O–H groups in total. The van der Waals surface area contributed by atoms with E-state index in [1.807, 2.05) is 45.0 Å². The van der Waals surface area contributed by atoms with Crippen LogP contribution in [0.2, 0.25) is 0 Å². The molecule has 0 unspecified atom stereocenters. The van der Waals surface area contributed by atoms with Crippen molar-refractivity contribution < 1.29 is 4.79 Å². The zero-order valence-corrected chi connectivity index (χ0v) is 16.8. The first kappa shape index (κ1) is 18.3. The lowest BCUT2D eigenvalue weighted by Crippen LogP contribution is -2.38. The van der Waals surface area contributed by atoms with E-state index in [1.165, 1.54) is 11.6 Å². The van der Waals surface area contributed by atoms with Crippen LogP contribution in [0.25, 0.3) is 22.2 Å². The smallest absolute Gasteiger partial charge is 0.294 e.